The van der Waals surface area contributed by atoms with Crippen molar-refractivity contribution in [3.63, 3.8) is 0 Å². The summed E-state index contributed by atoms with van der Waals surface area (Å²) in [7, 11) is 0. The molecule has 0 aliphatic carbocycles. The number of fused-ring (bicyclic) bond motifs is 1. The molecule has 0 unspecified atom stereocenters. The summed E-state index contributed by atoms with van der Waals surface area (Å²) in [6.45, 7) is 5.07. The lowest BCUT2D eigenvalue weighted by molar-refractivity contribution is 0.217. The van der Waals surface area contributed by atoms with Crippen LogP contribution in [-0.2, 0) is 0 Å². The summed E-state index contributed by atoms with van der Waals surface area (Å²) in [5.41, 5.74) is 8.60. The highest BCUT2D eigenvalue weighted by Crippen LogP contribution is 2.25. The van der Waals surface area contributed by atoms with Gasteiger partial charge in [-0.2, -0.15) is 5.26 Å². The van der Waals surface area contributed by atoms with Crippen molar-refractivity contribution in [1.82, 2.24) is 9.88 Å². The van der Waals surface area contributed by atoms with Crippen LogP contribution < -0.4 is 10.6 Å². The predicted molar refractivity (Wildman–Crippen MR) is 83.8 cm³/mol. The highest BCUT2D eigenvalue weighted by Gasteiger charge is 2.19. The van der Waals surface area contributed by atoms with Gasteiger partial charge in [0, 0.05) is 31.9 Å². The monoisotopic (exact) mass is 283 g/mol. The van der Waals surface area contributed by atoms with E-state index in [9.17, 15) is 0 Å². The molecular weight excluding hydrogens is 262 g/mol. The molecule has 0 bridgehead atoms. The molecular formula is C16H21N5. The van der Waals surface area contributed by atoms with Gasteiger partial charge in [0.15, 0.2) is 0 Å². The van der Waals surface area contributed by atoms with Crippen LogP contribution in [0.25, 0.3) is 6.08 Å². The standard InChI is InChI=1S/C16H21N5/c17-11-13-10-16-15(19-12-13)2-1-5-21(16)9-8-20-6-3-14(18)4-7-20/h1-2,10,12,14H,3-9,18H2. The van der Waals surface area contributed by atoms with Gasteiger partial charge in [-0.15, -0.1) is 0 Å². The molecule has 0 amide bonds. The van der Waals surface area contributed by atoms with Crippen molar-refractivity contribution < 1.29 is 0 Å². The van der Waals surface area contributed by atoms with Gasteiger partial charge >= 0.3 is 0 Å². The number of hydrogen-bond acceptors (Lipinski definition) is 5. The second-order valence-electron chi connectivity index (χ2n) is 5.77. The first-order valence-electron chi connectivity index (χ1n) is 7.56. The lowest BCUT2D eigenvalue weighted by Gasteiger charge is -2.33. The van der Waals surface area contributed by atoms with Gasteiger partial charge in [0.1, 0.15) is 6.07 Å². The summed E-state index contributed by atoms with van der Waals surface area (Å²) in [4.78, 5) is 9.14. The molecule has 3 rings (SSSR count). The highest BCUT2D eigenvalue weighted by molar-refractivity contribution is 5.69. The number of pyridine rings is 1. The van der Waals surface area contributed by atoms with Crippen LogP contribution in [0.15, 0.2) is 18.3 Å². The number of nitrogens with zero attached hydrogens (tertiary/aromatic N) is 4. The van der Waals surface area contributed by atoms with Gasteiger partial charge in [0.05, 0.1) is 16.9 Å². The van der Waals surface area contributed by atoms with Gasteiger partial charge in [-0.05, 0) is 38.1 Å². The SMILES string of the molecule is N#Cc1cnc2c(c1)N(CCN1CCC(N)CC1)CC=C2. The molecule has 1 aromatic rings. The number of nitrogens with two attached hydrogens (primary N) is 1. The van der Waals surface area contributed by atoms with E-state index >= 15 is 0 Å². The minimum Gasteiger partial charge on any atom is -0.365 e. The molecule has 1 saturated heterocycles. The Kier molecular flexibility index (Phi) is 4.18. The predicted octanol–water partition coefficient (Wildman–Crippen LogP) is 1.21. The number of hydrogen-bond donors (Lipinski definition) is 1. The average Bonchev–Trinajstić information content (AvgIpc) is 2.54. The summed E-state index contributed by atoms with van der Waals surface area (Å²) in [5.74, 6) is 0. The topological polar surface area (TPSA) is 69.2 Å². The Balaban J connectivity index is 1.65. The minimum atomic E-state index is 0.377. The zero-order chi connectivity index (χ0) is 14.7. The summed E-state index contributed by atoms with van der Waals surface area (Å²) in [5, 5.41) is 9.04. The lowest BCUT2D eigenvalue weighted by Crippen LogP contribution is -2.43. The number of likely N-dealkylation sites (tertiary alicyclic amines) is 1. The van der Waals surface area contributed by atoms with Crippen LogP contribution in [0.2, 0.25) is 0 Å². The maximum atomic E-state index is 9.04. The first-order valence-corrected chi connectivity index (χ1v) is 7.56. The maximum absolute atomic E-state index is 9.04. The van der Waals surface area contributed by atoms with Crippen molar-refractivity contribution in [2.75, 3.05) is 37.6 Å². The van der Waals surface area contributed by atoms with E-state index in [0.29, 0.717) is 11.6 Å². The largest absolute Gasteiger partial charge is 0.365 e. The third-order valence-corrected chi connectivity index (χ3v) is 4.29. The van der Waals surface area contributed by atoms with Gasteiger partial charge < -0.3 is 15.5 Å². The molecule has 21 heavy (non-hydrogen) atoms. The summed E-state index contributed by atoms with van der Waals surface area (Å²) < 4.78 is 0. The van der Waals surface area contributed by atoms with Crippen LogP contribution >= 0.6 is 0 Å². The first kappa shape index (κ1) is 14.1. The van der Waals surface area contributed by atoms with Crippen LogP contribution in [0.3, 0.4) is 0 Å². The number of anilines is 1. The lowest BCUT2D eigenvalue weighted by atomic mass is 10.1. The molecule has 0 spiro atoms. The summed E-state index contributed by atoms with van der Waals surface area (Å²) in [6.07, 6.45) is 7.99. The van der Waals surface area contributed by atoms with Crippen LogP contribution in [-0.4, -0.2) is 48.6 Å². The molecule has 2 aliphatic heterocycles. The molecule has 2 N–H and O–H groups in total. The Morgan fingerprint density at radius 1 is 1.33 bits per heavy atom. The van der Waals surface area contributed by atoms with E-state index in [1.165, 1.54) is 0 Å². The fourth-order valence-electron chi connectivity index (χ4n) is 2.95. The van der Waals surface area contributed by atoms with E-state index in [2.05, 4.69) is 26.9 Å². The second-order valence-corrected chi connectivity index (χ2v) is 5.77. The molecule has 0 radical (unpaired) electrons. The summed E-state index contributed by atoms with van der Waals surface area (Å²) in [6, 6.07) is 4.49. The highest BCUT2D eigenvalue weighted by atomic mass is 15.2. The molecule has 5 nitrogen and oxygen atoms in total. The van der Waals surface area contributed by atoms with Crippen molar-refractivity contribution in [3.05, 3.63) is 29.6 Å². The Labute approximate surface area is 125 Å². The van der Waals surface area contributed by atoms with Gasteiger partial charge in [-0.3, -0.25) is 4.98 Å². The number of aromatic nitrogens is 1. The van der Waals surface area contributed by atoms with Gasteiger partial charge in [0.2, 0.25) is 0 Å². The molecule has 2 aliphatic rings. The molecule has 1 aromatic heterocycles. The molecule has 3 heterocycles. The number of nitriles is 1. The molecule has 5 heteroatoms. The minimum absolute atomic E-state index is 0.377. The Morgan fingerprint density at radius 3 is 2.90 bits per heavy atom. The molecule has 0 atom stereocenters. The van der Waals surface area contributed by atoms with Gasteiger partial charge in [0.25, 0.3) is 0 Å². The number of piperidine rings is 1. The van der Waals surface area contributed by atoms with E-state index in [-0.39, 0.29) is 0 Å². The third-order valence-electron chi connectivity index (χ3n) is 4.29. The fraction of sp³-hybridized carbons (Fsp3) is 0.500. The van der Waals surface area contributed by atoms with Crippen molar-refractivity contribution in [2.45, 2.75) is 18.9 Å². The van der Waals surface area contributed by atoms with Crippen LogP contribution in [0.1, 0.15) is 24.1 Å². The van der Waals surface area contributed by atoms with Crippen molar-refractivity contribution in [1.29, 1.82) is 5.26 Å². The van der Waals surface area contributed by atoms with E-state index in [0.717, 1.165) is 56.9 Å². The van der Waals surface area contributed by atoms with Gasteiger partial charge in [-0.25, -0.2) is 0 Å². The Morgan fingerprint density at radius 2 is 2.14 bits per heavy atom. The third kappa shape index (κ3) is 3.23. The van der Waals surface area contributed by atoms with Crippen molar-refractivity contribution >= 4 is 11.8 Å². The van der Waals surface area contributed by atoms with Crippen LogP contribution in [0.5, 0.6) is 0 Å². The van der Waals surface area contributed by atoms with E-state index in [1.807, 2.05) is 12.1 Å². The Bertz CT molecular complexity index is 567. The average molecular weight is 283 g/mol. The van der Waals surface area contributed by atoms with Crippen molar-refractivity contribution in [2.24, 2.45) is 5.73 Å². The first-order chi connectivity index (χ1) is 10.3. The second kappa shape index (κ2) is 6.25. The zero-order valence-corrected chi connectivity index (χ0v) is 12.2. The molecule has 0 aromatic carbocycles. The zero-order valence-electron chi connectivity index (χ0n) is 12.2. The van der Waals surface area contributed by atoms with Crippen molar-refractivity contribution in [3.8, 4) is 6.07 Å². The van der Waals surface area contributed by atoms with Crippen LogP contribution in [0.4, 0.5) is 5.69 Å². The summed E-state index contributed by atoms with van der Waals surface area (Å²) >= 11 is 0. The van der Waals surface area contributed by atoms with Crippen LogP contribution in [0, 0.1) is 11.3 Å². The van der Waals surface area contributed by atoms with E-state index in [1.54, 1.807) is 6.20 Å². The quantitative estimate of drug-likeness (QED) is 0.903. The van der Waals surface area contributed by atoms with E-state index in [4.69, 9.17) is 11.0 Å². The molecule has 1 fully saturated rings. The van der Waals surface area contributed by atoms with Gasteiger partial charge in [-0.1, -0.05) is 6.08 Å². The van der Waals surface area contributed by atoms with E-state index < -0.39 is 0 Å². The smallest absolute Gasteiger partial charge is 0.101 e. The Hall–Kier alpha value is -1.90. The maximum Gasteiger partial charge on any atom is 0.101 e. The fourth-order valence-corrected chi connectivity index (χ4v) is 2.95. The number of rotatable bonds is 3. The normalized spacial score (nSPS) is 19.3. The molecule has 110 valence electrons. The molecule has 0 saturated carbocycles.